The van der Waals surface area contributed by atoms with E-state index >= 15 is 0 Å². The van der Waals surface area contributed by atoms with Gasteiger partial charge < -0.3 is 19.4 Å². The summed E-state index contributed by atoms with van der Waals surface area (Å²) in [5.74, 6) is -0.438. The van der Waals surface area contributed by atoms with Crippen LogP contribution in [0.2, 0.25) is 0 Å². The topological polar surface area (TPSA) is 72.8 Å². The van der Waals surface area contributed by atoms with Crippen molar-refractivity contribution in [3.8, 4) is 0 Å². The van der Waals surface area contributed by atoms with Crippen molar-refractivity contribution in [3.63, 3.8) is 0 Å². The molecule has 86 valence electrons. The molecule has 0 aromatic carbocycles. The lowest BCUT2D eigenvalue weighted by Crippen LogP contribution is -2.30. The van der Waals surface area contributed by atoms with E-state index in [4.69, 9.17) is 14.6 Å². The predicted octanol–water partition coefficient (Wildman–Crippen LogP) is 0.0486. The van der Waals surface area contributed by atoms with E-state index in [0.29, 0.717) is 13.0 Å². The number of aliphatic hydroxyl groups is 1. The van der Waals surface area contributed by atoms with Gasteiger partial charge in [0.2, 0.25) is 0 Å². The molecule has 1 fully saturated rings. The third-order valence-corrected chi connectivity index (χ3v) is 2.29. The second-order valence-electron chi connectivity index (χ2n) is 3.61. The van der Waals surface area contributed by atoms with E-state index in [-0.39, 0.29) is 31.3 Å². The molecule has 1 aliphatic heterocycles. The first-order valence-electron chi connectivity index (χ1n) is 5.05. The largest absolute Gasteiger partial charge is 0.459 e. The predicted molar refractivity (Wildman–Crippen MR) is 51.2 cm³/mol. The van der Waals surface area contributed by atoms with Crippen LogP contribution in [0, 0.1) is 0 Å². The Morgan fingerprint density at radius 2 is 2.20 bits per heavy atom. The number of aliphatic hydroxyl groups excluding tert-OH is 1. The van der Waals surface area contributed by atoms with Crippen LogP contribution in [0.15, 0.2) is 0 Å². The van der Waals surface area contributed by atoms with E-state index in [9.17, 15) is 9.59 Å². The van der Waals surface area contributed by atoms with Crippen LogP contribution in [0.25, 0.3) is 0 Å². The number of hydrogen-bond donors (Lipinski definition) is 1. The van der Waals surface area contributed by atoms with Crippen LogP contribution in [-0.2, 0) is 19.1 Å². The van der Waals surface area contributed by atoms with Crippen molar-refractivity contribution in [1.29, 1.82) is 0 Å². The zero-order valence-corrected chi connectivity index (χ0v) is 8.77. The van der Waals surface area contributed by atoms with Crippen molar-refractivity contribution in [2.75, 3.05) is 13.2 Å². The van der Waals surface area contributed by atoms with Gasteiger partial charge in [-0.25, -0.2) is 0 Å². The molecule has 0 aromatic heterocycles. The molecule has 1 aliphatic rings. The van der Waals surface area contributed by atoms with Gasteiger partial charge in [0, 0.05) is 12.8 Å². The van der Waals surface area contributed by atoms with Crippen LogP contribution in [0.4, 0.5) is 0 Å². The average Bonchev–Trinajstić information content (AvgIpc) is 2.62. The molecule has 0 bridgehead atoms. The van der Waals surface area contributed by atoms with Crippen LogP contribution in [0.1, 0.15) is 26.2 Å². The molecule has 0 saturated carbocycles. The standard InChI is InChI=1S/C10H16O5/c1-7(12)2-3-10(13)15-8-4-5-14-9(8)6-11/h8-9,11H,2-6H2,1H3/t8?,9-/m1/s1. The summed E-state index contributed by atoms with van der Waals surface area (Å²) < 4.78 is 10.2. The lowest BCUT2D eigenvalue weighted by Gasteiger charge is -2.16. The Kier molecular flexibility index (Phi) is 4.71. The zero-order chi connectivity index (χ0) is 11.3. The number of Topliss-reactive ketones (excluding diaryl/α,β-unsaturated/α-hetero) is 1. The fourth-order valence-corrected chi connectivity index (χ4v) is 1.44. The molecule has 5 nitrogen and oxygen atoms in total. The second kappa shape index (κ2) is 5.82. The molecule has 5 heteroatoms. The molecule has 1 unspecified atom stereocenters. The molecule has 1 N–H and O–H groups in total. The summed E-state index contributed by atoms with van der Waals surface area (Å²) in [6, 6.07) is 0. The lowest BCUT2D eigenvalue weighted by atomic mass is 10.2. The molecule has 0 aromatic rings. The molecule has 1 saturated heterocycles. The lowest BCUT2D eigenvalue weighted by molar-refractivity contribution is -0.153. The Labute approximate surface area is 88.4 Å². The van der Waals surface area contributed by atoms with Gasteiger partial charge in [-0.3, -0.25) is 4.79 Å². The number of hydrogen-bond acceptors (Lipinski definition) is 5. The number of carbonyl (C=O) groups is 2. The molecular formula is C10H16O5. The van der Waals surface area contributed by atoms with Gasteiger partial charge in [-0.15, -0.1) is 0 Å². The minimum atomic E-state index is -0.411. The molecule has 0 radical (unpaired) electrons. The van der Waals surface area contributed by atoms with Crippen LogP contribution in [-0.4, -0.2) is 42.3 Å². The van der Waals surface area contributed by atoms with Gasteiger partial charge in [-0.1, -0.05) is 0 Å². The van der Waals surface area contributed by atoms with Crippen LogP contribution in [0.3, 0.4) is 0 Å². The molecule has 15 heavy (non-hydrogen) atoms. The van der Waals surface area contributed by atoms with Gasteiger partial charge in [0.05, 0.1) is 19.6 Å². The average molecular weight is 216 g/mol. The number of carbonyl (C=O) groups excluding carboxylic acids is 2. The zero-order valence-electron chi connectivity index (χ0n) is 8.77. The first-order valence-corrected chi connectivity index (χ1v) is 5.05. The minimum absolute atomic E-state index is 0.0340. The summed E-state index contributed by atoms with van der Waals surface area (Å²) in [5, 5.41) is 8.90. The van der Waals surface area contributed by atoms with Gasteiger partial charge in [0.15, 0.2) is 0 Å². The van der Waals surface area contributed by atoms with Gasteiger partial charge in [-0.05, 0) is 6.92 Å². The molecule has 1 rings (SSSR count). The normalized spacial score (nSPS) is 25.2. The van der Waals surface area contributed by atoms with Crippen molar-refractivity contribution in [2.24, 2.45) is 0 Å². The maximum atomic E-state index is 11.3. The number of esters is 1. The minimum Gasteiger partial charge on any atom is -0.459 e. The van der Waals surface area contributed by atoms with Gasteiger partial charge >= 0.3 is 5.97 Å². The smallest absolute Gasteiger partial charge is 0.306 e. The Morgan fingerprint density at radius 3 is 2.80 bits per heavy atom. The van der Waals surface area contributed by atoms with Crippen molar-refractivity contribution in [1.82, 2.24) is 0 Å². The van der Waals surface area contributed by atoms with Gasteiger partial charge in [0.1, 0.15) is 18.0 Å². The van der Waals surface area contributed by atoms with E-state index in [2.05, 4.69) is 0 Å². The quantitative estimate of drug-likeness (QED) is 0.657. The Hall–Kier alpha value is -0.940. The van der Waals surface area contributed by atoms with Crippen molar-refractivity contribution >= 4 is 11.8 Å². The maximum Gasteiger partial charge on any atom is 0.306 e. The summed E-state index contributed by atoms with van der Waals surface area (Å²) >= 11 is 0. The number of ketones is 1. The molecule has 0 amide bonds. The van der Waals surface area contributed by atoms with Crippen molar-refractivity contribution in [2.45, 2.75) is 38.4 Å². The van der Waals surface area contributed by atoms with E-state index < -0.39 is 12.1 Å². The van der Waals surface area contributed by atoms with Crippen molar-refractivity contribution in [3.05, 3.63) is 0 Å². The molecule has 2 atom stereocenters. The van der Waals surface area contributed by atoms with Crippen molar-refractivity contribution < 1.29 is 24.2 Å². The SMILES string of the molecule is CC(=O)CCC(=O)OC1CCO[C@@H]1CO. The monoisotopic (exact) mass is 216 g/mol. The Balaban J connectivity index is 2.27. The van der Waals surface area contributed by atoms with E-state index in [1.807, 2.05) is 0 Å². The fraction of sp³-hybridized carbons (Fsp3) is 0.800. The molecule has 0 spiro atoms. The number of ether oxygens (including phenoxy) is 2. The van der Waals surface area contributed by atoms with Crippen LogP contribution >= 0.6 is 0 Å². The highest BCUT2D eigenvalue weighted by Crippen LogP contribution is 2.17. The summed E-state index contributed by atoms with van der Waals surface area (Å²) in [7, 11) is 0. The van der Waals surface area contributed by atoms with Gasteiger partial charge in [0.25, 0.3) is 0 Å². The summed E-state index contributed by atoms with van der Waals surface area (Å²) in [6.07, 6.45) is 0.137. The Morgan fingerprint density at radius 1 is 1.47 bits per heavy atom. The Bertz CT molecular complexity index is 238. The maximum absolute atomic E-state index is 11.3. The van der Waals surface area contributed by atoms with E-state index in [1.54, 1.807) is 0 Å². The molecule has 1 heterocycles. The first kappa shape index (κ1) is 12.1. The third-order valence-electron chi connectivity index (χ3n) is 2.29. The van der Waals surface area contributed by atoms with Crippen LogP contribution < -0.4 is 0 Å². The molecule has 0 aliphatic carbocycles. The van der Waals surface area contributed by atoms with Crippen LogP contribution in [0.5, 0.6) is 0 Å². The third kappa shape index (κ3) is 3.97. The number of rotatable bonds is 5. The summed E-state index contributed by atoms with van der Waals surface area (Å²) in [4.78, 5) is 21.9. The van der Waals surface area contributed by atoms with E-state index in [1.165, 1.54) is 6.92 Å². The second-order valence-corrected chi connectivity index (χ2v) is 3.61. The summed E-state index contributed by atoms with van der Waals surface area (Å²) in [5.41, 5.74) is 0. The van der Waals surface area contributed by atoms with Gasteiger partial charge in [-0.2, -0.15) is 0 Å². The first-order chi connectivity index (χ1) is 7.13. The fourth-order valence-electron chi connectivity index (χ4n) is 1.44. The molecular weight excluding hydrogens is 200 g/mol. The van der Waals surface area contributed by atoms with E-state index in [0.717, 1.165) is 0 Å². The highest BCUT2D eigenvalue weighted by atomic mass is 16.6. The highest BCUT2D eigenvalue weighted by molar-refractivity contribution is 5.81. The highest BCUT2D eigenvalue weighted by Gasteiger charge is 2.30. The summed E-state index contributed by atoms with van der Waals surface area (Å²) in [6.45, 7) is 1.78.